The number of methoxy groups -OCH3 is 2. The molecule has 168 valence electrons. The number of amides is 1. The first-order valence-electron chi connectivity index (χ1n) is 9.97. The van der Waals surface area contributed by atoms with Gasteiger partial charge in [-0.1, -0.05) is 24.3 Å². The van der Waals surface area contributed by atoms with Crippen molar-refractivity contribution in [3.8, 4) is 23.3 Å². The highest BCUT2D eigenvalue weighted by Gasteiger charge is 2.08. The fourth-order valence-electron chi connectivity index (χ4n) is 3.02. The quantitative estimate of drug-likeness (QED) is 0.337. The van der Waals surface area contributed by atoms with Crippen molar-refractivity contribution in [2.75, 3.05) is 14.2 Å². The molecule has 3 aromatic rings. The van der Waals surface area contributed by atoms with Crippen LogP contribution >= 0.6 is 15.9 Å². The second kappa shape index (κ2) is 11.7. The molecule has 7 nitrogen and oxygen atoms in total. The van der Waals surface area contributed by atoms with Crippen LogP contribution in [0, 0.1) is 11.3 Å². The fourth-order valence-corrected chi connectivity index (χ4v) is 3.53. The number of carbonyl (C=O) groups is 1. The van der Waals surface area contributed by atoms with Crippen molar-refractivity contribution < 1.29 is 19.0 Å². The molecule has 0 atom stereocenters. The van der Waals surface area contributed by atoms with Gasteiger partial charge in [0.2, 0.25) is 5.91 Å². The SMILES string of the molecule is COc1ccc(CC(=O)N/N=C/c2ccc(OCc3ccccc3C#N)c(Br)c2)cc1OC. The van der Waals surface area contributed by atoms with Gasteiger partial charge in [0.05, 0.1) is 43.0 Å². The molecule has 0 aliphatic carbocycles. The van der Waals surface area contributed by atoms with Crippen LogP contribution in [-0.2, 0) is 17.8 Å². The molecule has 1 amide bonds. The van der Waals surface area contributed by atoms with Gasteiger partial charge in [-0.3, -0.25) is 4.79 Å². The number of rotatable bonds is 9. The van der Waals surface area contributed by atoms with Crippen LogP contribution < -0.4 is 19.6 Å². The van der Waals surface area contributed by atoms with Crippen LogP contribution in [0.2, 0.25) is 0 Å². The third kappa shape index (κ3) is 6.57. The number of benzene rings is 3. The molecule has 1 N–H and O–H groups in total. The molecule has 33 heavy (non-hydrogen) atoms. The van der Waals surface area contributed by atoms with Crippen molar-refractivity contribution in [2.24, 2.45) is 5.10 Å². The second-order valence-corrected chi connectivity index (χ2v) is 7.76. The van der Waals surface area contributed by atoms with Crippen LogP contribution in [0.5, 0.6) is 17.2 Å². The lowest BCUT2D eigenvalue weighted by Gasteiger charge is -2.10. The minimum atomic E-state index is -0.256. The normalized spacial score (nSPS) is 10.5. The van der Waals surface area contributed by atoms with Crippen molar-refractivity contribution in [3.63, 3.8) is 0 Å². The van der Waals surface area contributed by atoms with Crippen molar-refractivity contribution in [1.82, 2.24) is 5.43 Å². The number of nitrogens with one attached hydrogen (secondary N) is 1. The van der Waals surface area contributed by atoms with Crippen LogP contribution in [0.4, 0.5) is 0 Å². The average Bonchev–Trinajstić information content (AvgIpc) is 2.83. The molecule has 3 rings (SSSR count). The first-order valence-corrected chi connectivity index (χ1v) is 10.8. The Balaban J connectivity index is 1.55. The lowest BCUT2D eigenvalue weighted by atomic mass is 10.1. The molecule has 0 bridgehead atoms. The zero-order valence-corrected chi connectivity index (χ0v) is 19.8. The first-order chi connectivity index (χ1) is 16.0. The van der Waals surface area contributed by atoms with E-state index in [4.69, 9.17) is 14.2 Å². The van der Waals surface area contributed by atoms with E-state index < -0.39 is 0 Å². The molecule has 0 spiro atoms. The molecule has 0 saturated heterocycles. The Bertz CT molecular complexity index is 1200. The lowest BCUT2D eigenvalue weighted by molar-refractivity contribution is -0.120. The fraction of sp³-hybridized carbons (Fsp3) is 0.160. The zero-order chi connectivity index (χ0) is 23.6. The van der Waals surface area contributed by atoms with E-state index in [0.29, 0.717) is 22.8 Å². The average molecular weight is 508 g/mol. The van der Waals surface area contributed by atoms with Crippen LogP contribution in [0.3, 0.4) is 0 Å². The topological polar surface area (TPSA) is 92.9 Å². The number of ether oxygens (including phenoxy) is 3. The minimum absolute atomic E-state index is 0.151. The van der Waals surface area contributed by atoms with Gasteiger partial charge in [-0.2, -0.15) is 10.4 Å². The second-order valence-electron chi connectivity index (χ2n) is 6.91. The highest BCUT2D eigenvalue weighted by molar-refractivity contribution is 9.10. The van der Waals surface area contributed by atoms with E-state index >= 15 is 0 Å². The van der Waals surface area contributed by atoms with Gasteiger partial charge in [0, 0.05) is 5.56 Å². The van der Waals surface area contributed by atoms with Gasteiger partial charge in [0.15, 0.2) is 11.5 Å². The van der Waals surface area contributed by atoms with Crippen molar-refractivity contribution in [1.29, 1.82) is 5.26 Å². The molecule has 0 aliphatic heterocycles. The highest BCUT2D eigenvalue weighted by Crippen LogP contribution is 2.28. The Labute approximate surface area is 200 Å². The van der Waals surface area contributed by atoms with Crippen molar-refractivity contribution in [3.05, 3.63) is 87.4 Å². The molecule has 8 heteroatoms. The molecule has 3 aromatic carbocycles. The summed E-state index contributed by atoms with van der Waals surface area (Å²) in [5, 5.41) is 13.2. The number of carbonyl (C=O) groups excluding carboxylic acids is 1. The Hall–Kier alpha value is -3.83. The summed E-state index contributed by atoms with van der Waals surface area (Å²) in [7, 11) is 3.11. The summed E-state index contributed by atoms with van der Waals surface area (Å²) in [5.74, 6) is 1.55. The molecular formula is C25H22BrN3O4. The highest BCUT2D eigenvalue weighted by atomic mass is 79.9. The third-order valence-electron chi connectivity index (χ3n) is 4.69. The molecule has 0 aliphatic rings. The summed E-state index contributed by atoms with van der Waals surface area (Å²) in [6.07, 6.45) is 1.70. The molecule has 0 heterocycles. The Morgan fingerprint density at radius 3 is 2.55 bits per heavy atom. The van der Waals surface area contributed by atoms with Gasteiger partial charge >= 0.3 is 0 Å². The molecular weight excluding hydrogens is 486 g/mol. The summed E-state index contributed by atoms with van der Waals surface area (Å²) in [6, 6.07) is 20.2. The van der Waals surface area contributed by atoms with Crippen LogP contribution in [0.1, 0.15) is 22.3 Å². The monoisotopic (exact) mass is 507 g/mol. The van der Waals surface area contributed by atoms with Gasteiger partial charge < -0.3 is 14.2 Å². The smallest absolute Gasteiger partial charge is 0.244 e. The van der Waals surface area contributed by atoms with Gasteiger partial charge in [-0.05, 0) is 63.5 Å². The summed E-state index contributed by atoms with van der Waals surface area (Å²) in [5.41, 5.74) is 5.48. The van der Waals surface area contributed by atoms with Gasteiger partial charge in [-0.25, -0.2) is 5.43 Å². The predicted octanol–water partition coefficient (Wildman–Crippen LogP) is 4.61. The number of nitrogens with zero attached hydrogens (tertiary/aromatic N) is 2. The molecule has 0 unspecified atom stereocenters. The van der Waals surface area contributed by atoms with E-state index in [9.17, 15) is 10.1 Å². The summed E-state index contributed by atoms with van der Waals surface area (Å²) in [4.78, 5) is 12.2. The van der Waals surface area contributed by atoms with E-state index in [1.165, 1.54) is 0 Å². The van der Waals surface area contributed by atoms with Crippen LogP contribution in [-0.4, -0.2) is 26.3 Å². The molecule has 0 aromatic heterocycles. The van der Waals surface area contributed by atoms with Crippen LogP contribution in [0.15, 0.2) is 70.2 Å². The summed E-state index contributed by atoms with van der Waals surface area (Å²) in [6.45, 7) is 0.280. The van der Waals surface area contributed by atoms with Gasteiger partial charge in [0.25, 0.3) is 0 Å². The maximum Gasteiger partial charge on any atom is 0.244 e. The van der Waals surface area contributed by atoms with Crippen molar-refractivity contribution >= 4 is 28.1 Å². The standard InChI is InChI=1S/C25H22BrN3O4/c1-31-23-10-7-17(12-24(23)32-2)13-25(30)29-28-15-18-8-9-22(21(26)11-18)33-16-20-6-4-3-5-19(20)14-27/h3-12,15H,13,16H2,1-2H3,(H,29,30)/b28-15+. The van der Waals surface area contributed by atoms with E-state index in [0.717, 1.165) is 21.2 Å². The number of hydrazone groups is 1. The van der Waals surface area contributed by atoms with E-state index in [2.05, 4.69) is 32.5 Å². The third-order valence-corrected chi connectivity index (χ3v) is 5.31. The van der Waals surface area contributed by atoms with Crippen molar-refractivity contribution in [2.45, 2.75) is 13.0 Å². The predicted molar refractivity (Wildman–Crippen MR) is 129 cm³/mol. The maximum atomic E-state index is 12.2. The number of nitriles is 1. The Morgan fingerprint density at radius 1 is 1.06 bits per heavy atom. The maximum absolute atomic E-state index is 12.2. The molecule has 0 saturated carbocycles. The van der Waals surface area contributed by atoms with Gasteiger partial charge in [0.1, 0.15) is 12.4 Å². The van der Waals surface area contributed by atoms with E-state index in [-0.39, 0.29) is 18.9 Å². The first kappa shape index (κ1) is 23.8. The molecule has 0 radical (unpaired) electrons. The Morgan fingerprint density at radius 2 is 1.82 bits per heavy atom. The van der Waals surface area contributed by atoms with E-state index in [1.807, 2.05) is 30.3 Å². The largest absolute Gasteiger partial charge is 0.493 e. The number of hydrogen-bond donors (Lipinski definition) is 1. The summed E-state index contributed by atoms with van der Waals surface area (Å²) >= 11 is 3.49. The summed E-state index contributed by atoms with van der Waals surface area (Å²) < 4.78 is 17.0. The minimum Gasteiger partial charge on any atom is -0.493 e. The number of halogens is 1. The number of hydrogen-bond acceptors (Lipinski definition) is 6. The van der Waals surface area contributed by atoms with E-state index in [1.54, 1.807) is 50.8 Å². The van der Waals surface area contributed by atoms with Crippen LogP contribution in [0.25, 0.3) is 0 Å². The van der Waals surface area contributed by atoms with Gasteiger partial charge in [-0.15, -0.1) is 0 Å². The zero-order valence-electron chi connectivity index (χ0n) is 18.2. The Kier molecular flexibility index (Phi) is 8.44. The lowest BCUT2D eigenvalue weighted by Crippen LogP contribution is -2.19. The molecule has 0 fully saturated rings.